The number of hydrogen-bond acceptors (Lipinski definition) is 5. The molecule has 1 aromatic rings. The van der Waals surface area contributed by atoms with Crippen LogP contribution in [0.4, 0.5) is 0 Å². The Kier molecular flexibility index (Phi) is 4.97. The summed E-state index contributed by atoms with van der Waals surface area (Å²) < 4.78 is 5.56. The minimum Gasteiger partial charge on any atom is -0.376 e. The largest absolute Gasteiger partial charge is 0.376 e. The summed E-state index contributed by atoms with van der Waals surface area (Å²) in [5, 5.41) is 3.22. The van der Waals surface area contributed by atoms with Crippen LogP contribution in [-0.4, -0.2) is 73.0 Å². The minimum absolute atomic E-state index is 0.0832. The third kappa shape index (κ3) is 3.37. The number of carbonyl (C=O) groups is 3. The molecule has 1 N–H and O–H groups in total. The molecule has 3 amide bonds. The number of likely N-dealkylation sites (N-methyl/N-ethyl adjacent to an activating group) is 1. The first kappa shape index (κ1) is 18.1. The molecule has 0 aliphatic carbocycles. The highest BCUT2D eigenvalue weighted by Gasteiger charge is 2.38. The Labute approximate surface area is 158 Å². The van der Waals surface area contributed by atoms with E-state index < -0.39 is 0 Å². The average molecular weight is 371 g/mol. The average Bonchev–Trinajstić information content (AvgIpc) is 3.30. The Morgan fingerprint density at radius 1 is 1.19 bits per heavy atom. The highest BCUT2D eigenvalue weighted by atomic mass is 16.5. The zero-order valence-corrected chi connectivity index (χ0v) is 15.6. The maximum absolute atomic E-state index is 12.9. The maximum atomic E-state index is 12.9. The highest BCUT2D eigenvalue weighted by molar-refractivity contribution is 6.22. The van der Waals surface area contributed by atoms with Crippen molar-refractivity contribution in [2.45, 2.75) is 37.8 Å². The van der Waals surface area contributed by atoms with Gasteiger partial charge >= 0.3 is 0 Å². The van der Waals surface area contributed by atoms with Gasteiger partial charge in [0.1, 0.15) is 0 Å². The standard InChI is InChI=1S/C20H25N3O4/c1-21-14-4-2-8-22(11-14)18(24)13-6-7-16-17(10-13)20(26)23(19(16)25)12-15-5-3-9-27-15/h6-7,10,14-15,21H,2-5,8-9,11-12H2,1H3. The van der Waals surface area contributed by atoms with Crippen molar-refractivity contribution in [2.24, 2.45) is 0 Å². The van der Waals surface area contributed by atoms with Gasteiger partial charge in [-0.2, -0.15) is 0 Å². The third-order valence-corrected chi connectivity index (χ3v) is 5.74. The lowest BCUT2D eigenvalue weighted by Gasteiger charge is -2.32. The van der Waals surface area contributed by atoms with Gasteiger partial charge in [0.05, 0.1) is 23.8 Å². The van der Waals surface area contributed by atoms with E-state index in [-0.39, 0.29) is 30.4 Å². The van der Waals surface area contributed by atoms with E-state index in [1.54, 1.807) is 18.2 Å². The molecule has 2 saturated heterocycles. The van der Waals surface area contributed by atoms with Gasteiger partial charge in [-0.25, -0.2) is 0 Å². The first-order chi connectivity index (χ1) is 13.1. The number of likely N-dealkylation sites (tertiary alicyclic amines) is 1. The summed E-state index contributed by atoms with van der Waals surface area (Å²) in [5.41, 5.74) is 1.16. The van der Waals surface area contributed by atoms with Crippen LogP contribution in [0.25, 0.3) is 0 Å². The van der Waals surface area contributed by atoms with Crippen molar-refractivity contribution in [3.05, 3.63) is 34.9 Å². The molecule has 4 rings (SSSR count). The molecule has 0 bridgehead atoms. The molecule has 2 atom stereocenters. The lowest BCUT2D eigenvalue weighted by atomic mass is 10.0. The maximum Gasteiger partial charge on any atom is 0.261 e. The summed E-state index contributed by atoms with van der Waals surface area (Å²) >= 11 is 0. The number of fused-ring (bicyclic) bond motifs is 1. The number of imide groups is 1. The molecule has 0 saturated carbocycles. The van der Waals surface area contributed by atoms with Gasteiger partial charge < -0.3 is 15.0 Å². The molecule has 2 fully saturated rings. The van der Waals surface area contributed by atoms with E-state index in [0.717, 1.165) is 25.7 Å². The summed E-state index contributed by atoms with van der Waals surface area (Å²) in [5.74, 6) is -0.708. The molecule has 0 radical (unpaired) electrons. The number of hydrogen-bond donors (Lipinski definition) is 1. The SMILES string of the molecule is CNC1CCCN(C(=O)c2ccc3c(c2)C(=O)N(CC2CCCO2)C3=O)C1. The highest BCUT2D eigenvalue weighted by Crippen LogP contribution is 2.27. The fourth-order valence-electron chi connectivity index (χ4n) is 4.16. The molecule has 3 heterocycles. The van der Waals surface area contributed by atoms with E-state index in [4.69, 9.17) is 4.74 Å². The molecule has 27 heavy (non-hydrogen) atoms. The van der Waals surface area contributed by atoms with Gasteiger partial charge in [0.15, 0.2) is 0 Å². The predicted molar refractivity (Wildman–Crippen MR) is 98.8 cm³/mol. The molecule has 3 aliphatic heterocycles. The Bertz CT molecular complexity index is 772. The molecule has 144 valence electrons. The Hall–Kier alpha value is -2.25. The van der Waals surface area contributed by atoms with Crippen LogP contribution in [0.2, 0.25) is 0 Å². The molecule has 1 aromatic carbocycles. The van der Waals surface area contributed by atoms with Crippen LogP contribution in [0.5, 0.6) is 0 Å². The summed E-state index contributed by atoms with van der Waals surface area (Å²) in [6.45, 7) is 2.33. The zero-order valence-electron chi connectivity index (χ0n) is 15.6. The van der Waals surface area contributed by atoms with Crippen LogP contribution in [0.3, 0.4) is 0 Å². The number of nitrogens with zero attached hydrogens (tertiary/aromatic N) is 2. The first-order valence-corrected chi connectivity index (χ1v) is 9.67. The fraction of sp³-hybridized carbons (Fsp3) is 0.550. The van der Waals surface area contributed by atoms with Crippen molar-refractivity contribution in [3.8, 4) is 0 Å². The molecule has 7 nitrogen and oxygen atoms in total. The minimum atomic E-state index is -0.327. The van der Waals surface area contributed by atoms with Gasteiger partial charge in [0.25, 0.3) is 17.7 Å². The van der Waals surface area contributed by atoms with E-state index in [9.17, 15) is 14.4 Å². The van der Waals surface area contributed by atoms with Crippen molar-refractivity contribution >= 4 is 17.7 Å². The summed E-state index contributed by atoms with van der Waals surface area (Å²) in [4.78, 5) is 41.3. The topological polar surface area (TPSA) is 79.0 Å². The number of carbonyl (C=O) groups excluding carboxylic acids is 3. The first-order valence-electron chi connectivity index (χ1n) is 9.67. The number of piperidine rings is 1. The monoisotopic (exact) mass is 371 g/mol. The Morgan fingerprint density at radius 3 is 2.74 bits per heavy atom. The molecule has 0 spiro atoms. The number of rotatable bonds is 4. The summed E-state index contributed by atoms with van der Waals surface area (Å²) in [6.07, 6.45) is 3.74. The zero-order chi connectivity index (χ0) is 19.0. The van der Waals surface area contributed by atoms with Crippen LogP contribution < -0.4 is 5.32 Å². The molecule has 0 aromatic heterocycles. The van der Waals surface area contributed by atoms with Crippen molar-refractivity contribution < 1.29 is 19.1 Å². The molecule has 3 aliphatic rings. The van der Waals surface area contributed by atoms with Crippen molar-refractivity contribution in [2.75, 3.05) is 33.3 Å². The number of nitrogens with one attached hydrogen (secondary N) is 1. The summed E-state index contributed by atoms with van der Waals surface area (Å²) in [7, 11) is 1.90. The second-order valence-corrected chi connectivity index (χ2v) is 7.50. The second kappa shape index (κ2) is 7.40. The van der Waals surface area contributed by atoms with Crippen LogP contribution in [-0.2, 0) is 4.74 Å². The lowest BCUT2D eigenvalue weighted by molar-refractivity contribution is 0.0475. The van der Waals surface area contributed by atoms with Gasteiger partial charge in [-0.15, -0.1) is 0 Å². The van der Waals surface area contributed by atoms with Crippen molar-refractivity contribution in [1.82, 2.24) is 15.1 Å². The van der Waals surface area contributed by atoms with Gasteiger partial charge in [0.2, 0.25) is 0 Å². The number of ether oxygens (including phenoxy) is 1. The van der Waals surface area contributed by atoms with Crippen LogP contribution in [0.1, 0.15) is 56.8 Å². The normalized spacial score (nSPS) is 25.2. The van der Waals surface area contributed by atoms with E-state index in [1.165, 1.54) is 4.90 Å². The van der Waals surface area contributed by atoms with Gasteiger partial charge in [0, 0.05) is 31.3 Å². The predicted octanol–water partition coefficient (Wildman–Crippen LogP) is 1.29. The molecular formula is C20H25N3O4. The van der Waals surface area contributed by atoms with E-state index in [1.807, 2.05) is 11.9 Å². The molecule has 7 heteroatoms. The Morgan fingerprint density at radius 2 is 2.00 bits per heavy atom. The van der Waals surface area contributed by atoms with Crippen LogP contribution in [0, 0.1) is 0 Å². The van der Waals surface area contributed by atoms with Crippen LogP contribution >= 0.6 is 0 Å². The second-order valence-electron chi connectivity index (χ2n) is 7.50. The van der Waals surface area contributed by atoms with Gasteiger partial charge in [-0.3, -0.25) is 19.3 Å². The molecule has 2 unspecified atom stereocenters. The van der Waals surface area contributed by atoms with Gasteiger partial charge in [-0.05, 0) is 50.9 Å². The van der Waals surface area contributed by atoms with Gasteiger partial charge in [-0.1, -0.05) is 0 Å². The Balaban J connectivity index is 1.52. The number of benzene rings is 1. The fourth-order valence-corrected chi connectivity index (χ4v) is 4.16. The van der Waals surface area contributed by atoms with Crippen molar-refractivity contribution in [1.29, 1.82) is 0 Å². The summed E-state index contributed by atoms with van der Waals surface area (Å²) in [6, 6.07) is 5.14. The van der Waals surface area contributed by atoms with E-state index in [0.29, 0.717) is 42.4 Å². The van der Waals surface area contributed by atoms with E-state index >= 15 is 0 Å². The van der Waals surface area contributed by atoms with Crippen LogP contribution in [0.15, 0.2) is 18.2 Å². The van der Waals surface area contributed by atoms with E-state index in [2.05, 4.69) is 5.32 Å². The third-order valence-electron chi connectivity index (χ3n) is 5.74. The number of amides is 3. The lowest BCUT2D eigenvalue weighted by Crippen LogP contribution is -2.47. The molecular weight excluding hydrogens is 346 g/mol. The van der Waals surface area contributed by atoms with Crippen molar-refractivity contribution in [3.63, 3.8) is 0 Å². The quantitative estimate of drug-likeness (QED) is 0.807. The smallest absolute Gasteiger partial charge is 0.261 e.